The van der Waals surface area contributed by atoms with Gasteiger partial charge in [-0.25, -0.2) is 9.97 Å². The van der Waals surface area contributed by atoms with Crippen molar-refractivity contribution in [2.24, 2.45) is 5.41 Å². The number of hydrogen-bond acceptors (Lipinski definition) is 5. The molecule has 1 aromatic heterocycles. The number of rotatable bonds is 4. The Morgan fingerprint density at radius 2 is 1.86 bits per heavy atom. The summed E-state index contributed by atoms with van der Waals surface area (Å²) in [5, 5.41) is 0. The molecule has 3 atom stereocenters. The van der Waals surface area contributed by atoms with Gasteiger partial charge in [0.1, 0.15) is 0 Å². The van der Waals surface area contributed by atoms with Crippen LogP contribution in [0.5, 0.6) is 0 Å². The van der Waals surface area contributed by atoms with Crippen molar-refractivity contribution in [1.29, 1.82) is 0 Å². The second-order valence-corrected chi connectivity index (χ2v) is 7.99. The van der Waals surface area contributed by atoms with Crippen LogP contribution in [0.3, 0.4) is 0 Å². The van der Waals surface area contributed by atoms with Crippen LogP contribution in [-0.2, 0) is 9.53 Å². The first-order valence-corrected chi connectivity index (χ1v) is 10.2. The van der Waals surface area contributed by atoms with Crippen molar-refractivity contribution in [2.75, 3.05) is 6.61 Å². The lowest BCUT2D eigenvalue weighted by Gasteiger charge is -2.34. The summed E-state index contributed by atoms with van der Waals surface area (Å²) in [6, 6.07) is 5.52. The molecule has 2 fully saturated rings. The quantitative estimate of drug-likeness (QED) is 0.757. The van der Waals surface area contributed by atoms with E-state index in [0.717, 1.165) is 35.3 Å². The minimum Gasteiger partial charge on any atom is -0.466 e. The average molecular weight is 381 g/mol. The van der Waals surface area contributed by atoms with Crippen molar-refractivity contribution in [2.45, 2.75) is 65.5 Å². The molecule has 2 aromatic rings. The summed E-state index contributed by atoms with van der Waals surface area (Å²) in [5.74, 6) is -0.174. The van der Waals surface area contributed by atoms with Crippen molar-refractivity contribution in [1.82, 2.24) is 14.9 Å². The number of carbonyl (C=O) groups excluding carboxylic acids is 2. The van der Waals surface area contributed by atoms with Gasteiger partial charge >= 0.3 is 5.97 Å². The number of esters is 1. The van der Waals surface area contributed by atoms with Gasteiger partial charge in [0.15, 0.2) is 0 Å². The summed E-state index contributed by atoms with van der Waals surface area (Å²) in [6.45, 7) is 8.08. The smallest absolute Gasteiger partial charge is 0.314 e. The number of aromatic nitrogens is 2. The predicted molar refractivity (Wildman–Crippen MR) is 106 cm³/mol. The molecule has 1 amide bonds. The minimum atomic E-state index is -0.570. The minimum absolute atomic E-state index is 0.0194. The normalized spacial score (nSPS) is 26.1. The van der Waals surface area contributed by atoms with Gasteiger partial charge in [0.2, 0.25) is 0 Å². The van der Waals surface area contributed by atoms with E-state index in [-0.39, 0.29) is 24.0 Å². The molecule has 2 aliphatic rings. The van der Waals surface area contributed by atoms with Gasteiger partial charge in [0.25, 0.3) is 5.91 Å². The third kappa shape index (κ3) is 2.69. The van der Waals surface area contributed by atoms with Crippen LogP contribution >= 0.6 is 0 Å². The Morgan fingerprint density at radius 1 is 1.14 bits per heavy atom. The Kier molecular flexibility index (Phi) is 4.60. The van der Waals surface area contributed by atoms with E-state index in [1.807, 2.05) is 50.8 Å². The van der Waals surface area contributed by atoms with Gasteiger partial charge in [-0.1, -0.05) is 6.92 Å². The molecule has 3 heterocycles. The zero-order valence-corrected chi connectivity index (χ0v) is 17.0. The van der Waals surface area contributed by atoms with Crippen molar-refractivity contribution in [3.05, 3.63) is 35.2 Å². The molecule has 0 spiro atoms. The largest absolute Gasteiger partial charge is 0.466 e. The highest BCUT2D eigenvalue weighted by atomic mass is 16.5. The van der Waals surface area contributed by atoms with Gasteiger partial charge in [-0.05, 0) is 64.7 Å². The highest BCUT2D eigenvalue weighted by Crippen LogP contribution is 2.52. The van der Waals surface area contributed by atoms with Crippen molar-refractivity contribution < 1.29 is 14.3 Å². The molecule has 148 valence electrons. The van der Waals surface area contributed by atoms with E-state index in [1.54, 1.807) is 0 Å². The average Bonchev–Trinajstić information content (AvgIpc) is 3.24. The highest BCUT2D eigenvalue weighted by Gasteiger charge is 2.61. The molecule has 0 aliphatic carbocycles. The molecule has 0 saturated carbocycles. The topological polar surface area (TPSA) is 72.4 Å². The number of carbonyl (C=O) groups is 2. The van der Waals surface area contributed by atoms with E-state index in [4.69, 9.17) is 4.74 Å². The monoisotopic (exact) mass is 381 g/mol. The molecule has 2 bridgehead atoms. The van der Waals surface area contributed by atoms with E-state index >= 15 is 0 Å². The van der Waals surface area contributed by atoms with E-state index in [0.29, 0.717) is 25.0 Å². The lowest BCUT2D eigenvalue weighted by Crippen LogP contribution is -2.45. The number of hydrogen-bond donors (Lipinski definition) is 0. The van der Waals surface area contributed by atoms with Gasteiger partial charge in [0.05, 0.1) is 34.4 Å². The maximum Gasteiger partial charge on any atom is 0.314 e. The molecule has 0 unspecified atom stereocenters. The van der Waals surface area contributed by atoms with Crippen molar-refractivity contribution >= 4 is 22.9 Å². The molecule has 0 radical (unpaired) electrons. The summed E-state index contributed by atoms with van der Waals surface area (Å²) in [7, 11) is 0. The van der Waals surface area contributed by atoms with E-state index in [1.165, 1.54) is 0 Å². The number of benzene rings is 1. The van der Waals surface area contributed by atoms with E-state index in [2.05, 4.69) is 9.97 Å². The van der Waals surface area contributed by atoms with Crippen LogP contribution in [0.1, 0.15) is 61.3 Å². The fourth-order valence-electron chi connectivity index (χ4n) is 5.02. The van der Waals surface area contributed by atoms with Crippen LogP contribution in [0.4, 0.5) is 0 Å². The molecule has 6 heteroatoms. The fourth-order valence-corrected chi connectivity index (χ4v) is 5.02. The SMILES string of the molecule is CCOC(=O)[C@@]1(CC)C[C@H]2CC[C@@H]1N2C(=O)c1ccc2nc(C)c(C)nc2c1. The van der Waals surface area contributed by atoms with Gasteiger partial charge in [-0.3, -0.25) is 9.59 Å². The molecule has 0 N–H and O–H groups in total. The standard InChI is InChI=1S/C22H27N3O3/c1-5-22(21(27)28-6-2)12-16-8-10-19(22)25(16)20(26)15-7-9-17-18(11-15)24-14(4)13(3)23-17/h7,9,11,16,19H,5-6,8,10,12H2,1-4H3/t16-,19+,22+/m1/s1. The first-order chi connectivity index (χ1) is 13.4. The molecule has 2 aliphatic heterocycles. The Hall–Kier alpha value is -2.50. The van der Waals surface area contributed by atoms with Crippen LogP contribution in [0.2, 0.25) is 0 Å². The number of fused-ring (bicyclic) bond motifs is 3. The van der Waals surface area contributed by atoms with Crippen LogP contribution in [0.15, 0.2) is 18.2 Å². The molecule has 6 nitrogen and oxygen atoms in total. The third-order valence-electron chi connectivity index (χ3n) is 6.61. The first kappa shape index (κ1) is 18.8. The Labute approximate surface area is 165 Å². The fraction of sp³-hybridized carbons (Fsp3) is 0.545. The number of aryl methyl sites for hydroxylation is 2. The van der Waals surface area contributed by atoms with Gasteiger partial charge in [-0.15, -0.1) is 0 Å². The molecule has 1 aromatic carbocycles. The van der Waals surface area contributed by atoms with Crippen LogP contribution in [-0.4, -0.2) is 45.4 Å². The maximum absolute atomic E-state index is 13.4. The number of ether oxygens (including phenoxy) is 1. The Balaban J connectivity index is 1.68. The van der Waals surface area contributed by atoms with Crippen molar-refractivity contribution in [3.63, 3.8) is 0 Å². The van der Waals surface area contributed by atoms with E-state index in [9.17, 15) is 9.59 Å². The molecule has 4 rings (SSSR count). The third-order valence-corrected chi connectivity index (χ3v) is 6.61. The number of amides is 1. The van der Waals surface area contributed by atoms with Gasteiger partial charge in [-0.2, -0.15) is 0 Å². The Morgan fingerprint density at radius 3 is 2.54 bits per heavy atom. The molecular formula is C22H27N3O3. The van der Waals surface area contributed by atoms with Crippen LogP contribution < -0.4 is 0 Å². The summed E-state index contributed by atoms with van der Waals surface area (Å²) in [5.41, 5.74) is 3.32. The summed E-state index contributed by atoms with van der Waals surface area (Å²) in [6.07, 6.45) is 3.20. The molecule has 28 heavy (non-hydrogen) atoms. The van der Waals surface area contributed by atoms with Crippen LogP contribution in [0.25, 0.3) is 11.0 Å². The highest BCUT2D eigenvalue weighted by molar-refractivity contribution is 5.98. The second kappa shape index (κ2) is 6.83. The Bertz CT molecular complexity index is 957. The zero-order valence-electron chi connectivity index (χ0n) is 17.0. The van der Waals surface area contributed by atoms with Crippen LogP contribution in [0, 0.1) is 19.3 Å². The second-order valence-electron chi connectivity index (χ2n) is 7.99. The lowest BCUT2D eigenvalue weighted by molar-refractivity contribution is -0.157. The lowest BCUT2D eigenvalue weighted by atomic mass is 9.72. The summed E-state index contributed by atoms with van der Waals surface area (Å²) < 4.78 is 5.39. The van der Waals surface area contributed by atoms with Gasteiger partial charge in [0, 0.05) is 17.6 Å². The van der Waals surface area contributed by atoms with Gasteiger partial charge < -0.3 is 9.64 Å². The molecular weight excluding hydrogens is 354 g/mol. The number of nitrogens with zero attached hydrogens (tertiary/aromatic N) is 3. The molecule has 2 saturated heterocycles. The van der Waals surface area contributed by atoms with Crippen molar-refractivity contribution in [3.8, 4) is 0 Å². The summed E-state index contributed by atoms with van der Waals surface area (Å²) in [4.78, 5) is 37.2. The summed E-state index contributed by atoms with van der Waals surface area (Å²) >= 11 is 0. The van der Waals surface area contributed by atoms with E-state index < -0.39 is 5.41 Å². The maximum atomic E-state index is 13.4. The zero-order chi connectivity index (χ0) is 20.1. The first-order valence-electron chi connectivity index (χ1n) is 10.2. The predicted octanol–water partition coefficient (Wildman–Crippen LogP) is 3.58.